The van der Waals surface area contributed by atoms with Gasteiger partial charge in [0.2, 0.25) is 11.8 Å². The first-order valence-corrected chi connectivity index (χ1v) is 7.32. The quantitative estimate of drug-likeness (QED) is 0.907. The predicted molar refractivity (Wildman–Crippen MR) is 78.6 cm³/mol. The molecule has 0 fully saturated rings. The molecule has 4 nitrogen and oxygen atoms in total. The van der Waals surface area contributed by atoms with E-state index in [9.17, 15) is 4.79 Å². The fourth-order valence-electron chi connectivity index (χ4n) is 2.18. The lowest BCUT2D eigenvalue weighted by molar-refractivity contribution is -0.117. The Hall–Kier alpha value is -1.55. The molecule has 0 saturated heterocycles. The zero-order chi connectivity index (χ0) is 14.4. The number of amides is 1. The van der Waals surface area contributed by atoms with Crippen LogP contribution in [0.15, 0.2) is 28.9 Å². The average molecular weight is 295 g/mol. The van der Waals surface area contributed by atoms with Gasteiger partial charge >= 0.3 is 0 Å². The molecule has 1 heterocycles. The van der Waals surface area contributed by atoms with E-state index < -0.39 is 0 Å². The number of rotatable bonds is 5. The summed E-state index contributed by atoms with van der Waals surface area (Å²) in [5.41, 5.74) is 1.70. The molecule has 1 aliphatic rings. The van der Waals surface area contributed by atoms with Crippen molar-refractivity contribution in [2.45, 2.75) is 39.2 Å². The van der Waals surface area contributed by atoms with Crippen LogP contribution in [0.25, 0.3) is 0 Å². The van der Waals surface area contributed by atoms with Gasteiger partial charge in [-0.3, -0.25) is 4.79 Å². The molecule has 0 spiro atoms. The number of halogens is 1. The van der Waals surface area contributed by atoms with Crippen molar-refractivity contribution in [2.75, 3.05) is 6.61 Å². The highest BCUT2D eigenvalue weighted by Crippen LogP contribution is 2.27. The lowest BCUT2D eigenvalue weighted by Crippen LogP contribution is -2.26. The predicted octanol–water partition coefficient (Wildman–Crippen LogP) is 3.16. The summed E-state index contributed by atoms with van der Waals surface area (Å²) in [7, 11) is 0. The zero-order valence-electron chi connectivity index (χ0n) is 11.6. The number of carbonyl (C=O) groups is 1. The minimum atomic E-state index is -0.0653. The van der Waals surface area contributed by atoms with Gasteiger partial charge in [-0.1, -0.05) is 11.6 Å². The van der Waals surface area contributed by atoms with Crippen LogP contribution in [0.4, 0.5) is 0 Å². The highest BCUT2D eigenvalue weighted by atomic mass is 35.5. The maximum absolute atomic E-state index is 12.1. The van der Waals surface area contributed by atoms with Crippen molar-refractivity contribution < 1.29 is 9.53 Å². The van der Waals surface area contributed by atoms with Gasteiger partial charge in [0, 0.05) is 29.4 Å². The van der Waals surface area contributed by atoms with E-state index in [4.69, 9.17) is 16.3 Å². The average Bonchev–Trinajstić information content (AvgIpc) is 2.46. The third-order valence-corrected chi connectivity index (χ3v) is 3.64. The maximum atomic E-state index is 12.1. The van der Waals surface area contributed by atoms with Crippen LogP contribution < -0.4 is 10.1 Å². The zero-order valence-corrected chi connectivity index (χ0v) is 12.4. The van der Waals surface area contributed by atoms with Gasteiger partial charge in [0.25, 0.3) is 0 Å². The fraction of sp³-hybridized carbons (Fsp3) is 0.467. The monoisotopic (exact) mass is 294 g/mol. The van der Waals surface area contributed by atoms with Crippen molar-refractivity contribution in [1.82, 2.24) is 10.3 Å². The molecule has 0 atom stereocenters. The van der Waals surface area contributed by atoms with Crippen LogP contribution in [0, 0.1) is 0 Å². The number of pyridine rings is 1. The number of hydrogen-bond donors (Lipinski definition) is 1. The molecule has 108 valence electrons. The molecule has 0 aromatic carbocycles. The second-order valence-corrected chi connectivity index (χ2v) is 5.16. The highest BCUT2D eigenvalue weighted by Gasteiger charge is 2.17. The van der Waals surface area contributed by atoms with Crippen LogP contribution >= 0.6 is 11.6 Å². The summed E-state index contributed by atoms with van der Waals surface area (Å²) in [6, 6.07) is 3.69. The molecular formula is C15H19ClN2O2. The summed E-state index contributed by atoms with van der Waals surface area (Å²) in [4.78, 5) is 16.2. The molecule has 1 amide bonds. The first-order valence-electron chi connectivity index (χ1n) is 6.94. The third kappa shape index (κ3) is 3.97. The van der Waals surface area contributed by atoms with Crippen LogP contribution in [-0.2, 0) is 11.3 Å². The Kier molecular flexibility index (Phi) is 5.41. The van der Waals surface area contributed by atoms with E-state index in [0.29, 0.717) is 24.1 Å². The Morgan fingerprint density at radius 3 is 3.00 bits per heavy atom. The van der Waals surface area contributed by atoms with Crippen molar-refractivity contribution in [1.29, 1.82) is 0 Å². The van der Waals surface area contributed by atoms with Gasteiger partial charge in [0.05, 0.1) is 6.61 Å². The molecule has 1 aromatic rings. The first kappa shape index (κ1) is 14.9. The summed E-state index contributed by atoms with van der Waals surface area (Å²) in [5, 5.41) is 3.61. The highest BCUT2D eigenvalue weighted by molar-refractivity contribution is 6.31. The maximum Gasteiger partial charge on any atom is 0.248 e. The number of ether oxygens (including phenoxy) is 1. The Bertz CT molecular complexity index is 514. The van der Waals surface area contributed by atoms with Crippen molar-refractivity contribution in [3.63, 3.8) is 0 Å². The number of nitrogens with one attached hydrogen (secondary N) is 1. The van der Waals surface area contributed by atoms with E-state index in [0.717, 1.165) is 36.8 Å². The molecule has 0 saturated carbocycles. The van der Waals surface area contributed by atoms with E-state index in [1.165, 1.54) is 0 Å². The van der Waals surface area contributed by atoms with Crippen molar-refractivity contribution in [3.8, 4) is 5.88 Å². The summed E-state index contributed by atoms with van der Waals surface area (Å²) < 4.78 is 5.33. The topological polar surface area (TPSA) is 51.2 Å². The van der Waals surface area contributed by atoms with Gasteiger partial charge in [-0.2, -0.15) is 0 Å². The van der Waals surface area contributed by atoms with Crippen molar-refractivity contribution in [2.24, 2.45) is 0 Å². The number of nitrogens with zero attached hydrogens (tertiary/aromatic N) is 1. The molecule has 0 radical (unpaired) electrons. The van der Waals surface area contributed by atoms with Gasteiger partial charge in [-0.05, 0) is 44.2 Å². The van der Waals surface area contributed by atoms with Crippen LogP contribution in [0.3, 0.4) is 0 Å². The normalized spacial score (nSPS) is 15.1. The molecule has 1 aliphatic carbocycles. The standard InChI is InChI=1S/C15H19ClN2O2/c1-2-20-14-9-11(7-8-17-14)10-18-15(19)12-5-3-4-6-13(12)16/h7-9H,2-6,10H2,1H3,(H,18,19). The molecule has 0 aliphatic heterocycles. The summed E-state index contributed by atoms with van der Waals surface area (Å²) in [5.74, 6) is 0.513. The lowest BCUT2D eigenvalue weighted by Gasteiger charge is -2.15. The van der Waals surface area contributed by atoms with E-state index >= 15 is 0 Å². The molecule has 20 heavy (non-hydrogen) atoms. The number of carbonyl (C=O) groups excluding carboxylic acids is 1. The summed E-state index contributed by atoms with van der Waals surface area (Å²) in [6.45, 7) is 2.94. The van der Waals surface area contributed by atoms with Gasteiger partial charge in [-0.15, -0.1) is 0 Å². The SMILES string of the molecule is CCOc1cc(CNC(=O)C2=C(Cl)CCCC2)ccn1. The van der Waals surface area contributed by atoms with E-state index in [2.05, 4.69) is 10.3 Å². The van der Waals surface area contributed by atoms with Crippen molar-refractivity contribution in [3.05, 3.63) is 34.5 Å². The second kappa shape index (κ2) is 7.29. The van der Waals surface area contributed by atoms with Gasteiger partial charge in [0.15, 0.2) is 0 Å². The molecule has 0 unspecified atom stereocenters. The third-order valence-electron chi connectivity index (χ3n) is 3.22. The van der Waals surface area contributed by atoms with E-state index in [1.807, 2.05) is 19.1 Å². The largest absolute Gasteiger partial charge is 0.478 e. The number of aromatic nitrogens is 1. The Balaban J connectivity index is 1.94. The van der Waals surface area contributed by atoms with Gasteiger partial charge in [0.1, 0.15) is 0 Å². The Morgan fingerprint density at radius 2 is 2.25 bits per heavy atom. The number of hydrogen-bond acceptors (Lipinski definition) is 3. The molecule has 1 N–H and O–H groups in total. The van der Waals surface area contributed by atoms with E-state index in [1.54, 1.807) is 6.20 Å². The summed E-state index contributed by atoms with van der Waals surface area (Å²) in [6.07, 6.45) is 5.36. The van der Waals surface area contributed by atoms with Crippen LogP contribution in [0.1, 0.15) is 38.2 Å². The first-order chi connectivity index (χ1) is 9.70. The van der Waals surface area contributed by atoms with Gasteiger partial charge < -0.3 is 10.1 Å². The fourth-order valence-corrected chi connectivity index (χ4v) is 2.50. The molecule has 5 heteroatoms. The van der Waals surface area contributed by atoms with Crippen molar-refractivity contribution >= 4 is 17.5 Å². The summed E-state index contributed by atoms with van der Waals surface area (Å²) >= 11 is 6.11. The second-order valence-electron chi connectivity index (χ2n) is 4.71. The minimum absolute atomic E-state index is 0.0653. The Morgan fingerprint density at radius 1 is 1.45 bits per heavy atom. The van der Waals surface area contributed by atoms with Crippen LogP contribution in [0.5, 0.6) is 5.88 Å². The smallest absolute Gasteiger partial charge is 0.248 e. The molecule has 1 aromatic heterocycles. The minimum Gasteiger partial charge on any atom is -0.478 e. The molecular weight excluding hydrogens is 276 g/mol. The molecule has 0 bridgehead atoms. The van der Waals surface area contributed by atoms with Crippen LogP contribution in [-0.4, -0.2) is 17.5 Å². The van der Waals surface area contributed by atoms with Crippen LogP contribution in [0.2, 0.25) is 0 Å². The molecule has 2 rings (SSSR count). The Labute approximate surface area is 124 Å². The lowest BCUT2D eigenvalue weighted by atomic mass is 9.98. The van der Waals surface area contributed by atoms with Gasteiger partial charge in [-0.25, -0.2) is 4.98 Å². The van der Waals surface area contributed by atoms with E-state index in [-0.39, 0.29) is 5.91 Å². The number of allylic oxidation sites excluding steroid dienone is 1.